The Labute approximate surface area is 141 Å². The predicted octanol–water partition coefficient (Wildman–Crippen LogP) is 2.50. The molecule has 1 aromatic carbocycles. The van der Waals surface area contributed by atoms with Crippen LogP contribution < -0.4 is 19.5 Å². The molecule has 1 aromatic heterocycles. The Morgan fingerprint density at radius 1 is 1.21 bits per heavy atom. The Kier molecular flexibility index (Phi) is 5.64. The maximum Gasteiger partial charge on any atom is 0.266 e. The molecule has 0 atom stereocenters. The standard InChI is InChI=1S/C16H19N3O4S/c1-4-9-17-12-5-8-16(18-11-12)19-24(20,21)15-10-13(22-2)6-7-14(15)23-3/h4-8,10-11,17H,1,9H2,2-3H3,(H,18,19). The lowest BCUT2D eigenvalue weighted by Gasteiger charge is -2.12. The molecular formula is C16H19N3O4S. The number of pyridine rings is 1. The summed E-state index contributed by atoms with van der Waals surface area (Å²) in [5.74, 6) is 0.824. The zero-order valence-electron chi connectivity index (χ0n) is 13.4. The van der Waals surface area contributed by atoms with E-state index in [1.807, 2.05) is 0 Å². The third-order valence-electron chi connectivity index (χ3n) is 3.11. The summed E-state index contributed by atoms with van der Waals surface area (Å²) in [6.07, 6.45) is 3.25. The summed E-state index contributed by atoms with van der Waals surface area (Å²) < 4.78 is 37.8. The smallest absolute Gasteiger partial charge is 0.266 e. The van der Waals surface area contributed by atoms with Crippen molar-refractivity contribution in [3.8, 4) is 11.5 Å². The number of rotatable bonds is 8. The van der Waals surface area contributed by atoms with Crippen molar-refractivity contribution in [2.45, 2.75) is 4.90 Å². The molecule has 0 saturated heterocycles. The summed E-state index contributed by atoms with van der Waals surface area (Å²) in [6.45, 7) is 4.20. The van der Waals surface area contributed by atoms with Crippen LogP contribution in [0.5, 0.6) is 11.5 Å². The summed E-state index contributed by atoms with van der Waals surface area (Å²) in [5.41, 5.74) is 0.761. The molecule has 0 amide bonds. The van der Waals surface area contributed by atoms with E-state index in [2.05, 4.69) is 21.6 Å². The van der Waals surface area contributed by atoms with Gasteiger partial charge in [0.2, 0.25) is 0 Å². The van der Waals surface area contributed by atoms with E-state index in [4.69, 9.17) is 9.47 Å². The molecule has 2 rings (SSSR count). The fourth-order valence-electron chi connectivity index (χ4n) is 1.94. The molecule has 0 radical (unpaired) electrons. The van der Waals surface area contributed by atoms with E-state index >= 15 is 0 Å². The second kappa shape index (κ2) is 7.69. The maximum absolute atomic E-state index is 12.6. The maximum atomic E-state index is 12.6. The molecule has 0 saturated carbocycles. The van der Waals surface area contributed by atoms with Crippen LogP contribution in [0.25, 0.3) is 0 Å². The number of aromatic nitrogens is 1. The minimum atomic E-state index is -3.87. The first-order valence-electron chi connectivity index (χ1n) is 7.06. The van der Waals surface area contributed by atoms with Crippen molar-refractivity contribution >= 4 is 21.5 Å². The van der Waals surface area contributed by atoms with Crippen molar-refractivity contribution in [3.05, 3.63) is 49.2 Å². The molecule has 0 fully saturated rings. The van der Waals surface area contributed by atoms with Gasteiger partial charge in [0.1, 0.15) is 22.2 Å². The van der Waals surface area contributed by atoms with Gasteiger partial charge in [-0.2, -0.15) is 0 Å². The molecule has 0 aliphatic rings. The molecule has 2 aromatic rings. The fraction of sp³-hybridized carbons (Fsp3) is 0.188. The fourth-order valence-corrected chi connectivity index (χ4v) is 3.13. The third-order valence-corrected chi connectivity index (χ3v) is 4.49. The van der Waals surface area contributed by atoms with Gasteiger partial charge in [0.15, 0.2) is 0 Å². The number of methoxy groups -OCH3 is 2. The van der Waals surface area contributed by atoms with E-state index < -0.39 is 10.0 Å². The number of hydrogen-bond donors (Lipinski definition) is 2. The summed E-state index contributed by atoms with van der Waals surface area (Å²) in [6, 6.07) is 7.83. The molecule has 8 heteroatoms. The van der Waals surface area contributed by atoms with Gasteiger partial charge in [-0.15, -0.1) is 6.58 Å². The lowest BCUT2D eigenvalue weighted by atomic mass is 10.3. The Morgan fingerprint density at radius 3 is 2.58 bits per heavy atom. The molecule has 0 aliphatic carbocycles. The monoisotopic (exact) mass is 349 g/mol. The van der Waals surface area contributed by atoms with Crippen molar-refractivity contribution in [1.29, 1.82) is 0 Å². The van der Waals surface area contributed by atoms with Gasteiger partial charge in [-0.05, 0) is 24.3 Å². The summed E-state index contributed by atoms with van der Waals surface area (Å²) in [7, 11) is -1.01. The van der Waals surface area contributed by atoms with Crippen molar-refractivity contribution in [1.82, 2.24) is 4.98 Å². The topological polar surface area (TPSA) is 89.5 Å². The van der Waals surface area contributed by atoms with Gasteiger partial charge in [0, 0.05) is 12.6 Å². The lowest BCUT2D eigenvalue weighted by Crippen LogP contribution is -2.15. The Morgan fingerprint density at radius 2 is 2.00 bits per heavy atom. The van der Waals surface area contributed by atoms with Crippen LogP contribution in [0.15, 0.2) is 54.1 Å². The molecule has 2 N–H and O–H groups in total. The van der Waals surface area contributed by atoms with Crippen LogP contribution in [-0.2, 0) is 10.0 Å². The van der Waals surface area contributed by atoms with Gasteiger partial charge in [0.25, 0.3) is 10.0 Å². The van der Waals surface area contributed by atoms with Crippen LogP contribution in [0.4, 0.5) is 11.5 Å². The van der Waals surface area contributed by atoms with Crippen LogP contribution in [0, 0.1) is 0 Å². The van der Waals surface area contributed by atoms with Gasteiger partial charge < -0.3 is 14.8 Å². The highest BCUT2D eigenvalue weighted by atomic mass is 32.2. The number of anilines is 2. The van der Waals surface area contributed by atoms with Crippen LogP contribution in [0.2, 0.25) is 0 Å². The van der Waals surface area contributed by atoms with Gasteiger partial charge >= 0.3 is 0 Å². The SMILES string of the molecule is C=CCNc1ccc(NS(=O)(=O)c2cc(OC)ccc2OC)nc1. The summed E-state index contributed by atoms with van der Waals surface area (Å²) in [4.78, 5) is 4.05. The average Bonchev–Trinajstić information content (AvgIpc) is 2.60. The molecule has 0 aliphatic heterocycles. The number of ether oxygens (including phenoxy) is 2. The van der Waals surface area contributed by atoms with E-state index in [1.165, 1.54) is 32.5 Å². The van der Waals surface area contributed by atoms with E-state index in [0.29, 0.717) is 12.3 Å². The van der Waals surface area contributed by atoms with Crippen molar-refractivity contribution in [2.24, 2.45) is 0 Å². The molecular weight excluding hydrogens is 330 g/mol. The molecule has 0 unspecified atom stereocenters. The van der Waals surface area contributed by atoms with Crippen LogP contribution in [0.1, 0.15) is 0 Å². The highest BCUT2D eigenvalue weighted by Gasteiger charge is 2.21. The van der Waals surface area contributed by atoms with E-state index in [1.54, 1.807) is 24.3 Å². The van der Waals surface area contributed by atoms with E-state index in [0.717, 1.165) is 5.69 Å². The summed E-state index contributed by atoms with van der Waals surface area (Å²) >= 11 is 0. The summed E-state index contributed by atoms with van der Waals surface area (Å²) in [5, 5.41) is 3.06. The average molecular weight is 349 g/mol. The first-order valence-corrected chi connectivity index (χ1v) is 8.54. The van der Waals surface area contributed by atoms with Gasteiger partial charge in [-0.1, -0.05) is 6.08 Å². The first kappa shape index (κ1) is 17.6. The second-order valence-electron chi connectivity index (χ2n) is 4.72. The number of nitrogens with zero attached hydrogens (tertiary/aromatic N) is 1. The number of sulfonamides is 1. The Balaban J connectivity index is 2.26. The minimum Gasteiger partial charge on any atom is -0.497 e. The third kappa shape index (κ3) is 4.17. The molecule has 1 heterocycles. The lowest BCUT2D eigenvalue weighted by molar-refractivity contribution is 0.392. The predicted molar refractivity (Wildman–Crippen MR) is 93.3 cm³/mol. The van der Waals surface area contributed by atoms with E-state index in [9.17, 15) is 8.42 Å². The highest BCUT2D eigenvalue weighted by molar-refractivity contribution is 7.92. The Hall–Kier alpha value is -2.74. The molecule has 0 bridgehead atoms. The Bertz CT molecular complexity index is 805. The van der Waals surface area contributed by atoms with Crippen LogP contribution >= 0.6 is 0 Å². The highest BCUT2D eigenvalue weighted by Crippen LogP contribution is 2.29. The molecule has 7 nitrogen and oxygen atoms in total. The van der Waals surface area contributed by atoms with Crippen molar-refractivity contribution < 1.29 is 17.9 Å². The van der Waals surface area contributed by atoms with Crippen LogP contribution in [0.3, 0.4) is 0 Å². The number of nitrogens with one attached hydrogen (secondary N) is 2. The minimum absolute atomic E-state index is 0.0278. The van der Waals surface area contributed by atoms with Gasteiger partial charge in [-0.3, -0.25) is 4.72 Å². The van der Waals surface area contributed by atoms with E-state index in [-0.39, 0.29) is 16.5 Å². The zero-order chi connectivity index (χ0) is 17.6. The normalized spacial score (nSPS) is 10.8. The molecule has 0 spiro atoms. The first-order chi connectivity index (χ1) is 11.5. The molecule has 128 valence electrons. The van der Waals surface area contributed by atoms with Crippen molar-refractivity contribution in [3.63, 3.8) is 0 Å². The van der Waals surface area contributed by atoms with Gasteiger partial charge in [0.05, 0.1) is 26.1 Å². The largest absolute Gasteiger partial charge is 0.497 e. The quantitative estimate of drug-likeness (QED) is 0.712. The van der Waals surface area contributed by atoms with Crippen LogP contribution in [-0.4, -0.2) is 34.2 Å². The second-order valence-corrected chi connectivity index (χ2v) is 6.37. The van der Waals surface area contributed by atoms with Crippen molar-refractivity contribution in [2.75, 3.05) is 30.8 Å². The zero-order valence-corrected chi connectivity index (χ0v) is 14.3. The number of benzene rings is 1. The number of hydrogen-bond acceptors (Lipinski definition) is 6. The van der Waals surface area contributed by atoms with Gasteiger partial charge in [-0.25, -0.2) is 13.4 Å². The molecule has 24 heavy (non-hydrogen) atoms.